The van der Waals surface area contributed by atoms with Gasteiger partial charge in [0.05, 0.1) is 0 Å². The molecule has 0 unspecified atom stereocenters. The number of carbonyl (C=O) groups is 2. The number of ether oxygens (including phenoxy) is 4. The van der Waals surface area contributed by atoms with Crippen molar-refractivity contribution in [3.05, 3.63) is 174 Å². The van der Waals surface area contributed by atoms with Gasteiger partial charge in [-0.25, -0.2) is 9.59 Å². The van der Waals surface area contributed by atoms with Gasteiger partial charge in [0.1, 0.15) is 37.9 Å². The predicted octanol–water partition coefficient (Wildman–Crippen LogP) is 10.1. The molecular weight excluding hydrogens is 663 g/mol. The second-order valence-corrected chi connectivity index (χ2v) is 12.5. The Labute approximate surface area is 312 Å². The van der Waals surface area contributed by atoms with Gasteiger partial charge in [-0.3, -0.25) is 0 Å². The Morgan fingerprint density at radius 3 is 1.62 bits per heavy atom. The molecule has 0 bridgehead atoms. The first-order valence-electron chi connectivity index (χ1n) is 17.5. The largest absolute Gasteiger partial charge is 0.490 e. The van der Waals surface area contributed by atoms with Crippen LogP contribution in [0.15, 0.2) is 141 Å². The molecule has 7 heteroatoms. The van der Waals surface area contributed by atoms with Gasteiger partial charge in [-0.1, -0.05) is 79.4 Å². The molecule has 0 aliphatic carbocycles. The summed E-state index contributed by atoms with van der Waals surface area (Å²) in [6.45, 7) is 14.0. The van der Waals surface area contributed by atoms with Crippen molar-refractivity contribution in [2.45, 2.75) is 27.2 Å². The van der Waals surface area contributed by atoms with Gasteiger partial charge in [0, 0.05) is 29.2 Å². The van der Waals surface area contributed by atoms with Gasteiger partial charge in [-0.05, 0) is 121 Å². The van der Waals surface area contributed by atoms with Crippen LogP contribution in [0.3, 0.4) is 0 Å². The second-order valence-electron chi connectivity index (χ2n) is 12.5. The minimum absolute atomic E-state index is 0.137. The first kappa shape index (κ1) is 37.9. The third-order valence-electron chi connectivity index (χ3n) is 8.60. The summed E-state index contributed by atoms with van der Waals surface area (Å²) < 4.78 is 21.6. The lowest BCUT2D eigenvalue weighted by molar-refractivity contribution is -0.139. The molecule has 270 valence electrons. The summed E-state index contributed by atoms with van der Waals surface area (Å²) >= 11 is 0. The zero-order chi connectivity index (χ0) is 37.6. The Morgan fingerprint density at radius 1 is 0.585 bits per heavy atom. The maximum Gasteiger partial charge on any atom is 0.330 e. The average molecular weight is 708 g/mol. The smallest absolute Gasteiger partial charge is 0.330 e. The molecule has 0 spiro atoms. The molecule has 0 amide bonds. The van der Waals surface area contributed by atoms with Gasteiger partial charge in [-0.15, -0.1) is 0 Å². The van der Waals surface area contributed by atoms with Crippen molar-refractivity contribution in [1.82, 2.24) is 0 Å². The summed E-state index contributed by atoms with van der Waals surface area (Å²) in [5.74, 6) is 0.409. The molecule has 0 atom stereocenters. The van der Waals surface area contributed by atoms with Crippen LogP contribution in [-0.2, 0) is 25.5 Å². The predicted molar refractivity (Wildman–Crippen MR) is 213 cm³/mol. The number of nitrogens with zero attached hydrogens (tertiary/aromatic N) is 1. The van der Waals surface area contributed by atoms with Crippen LogP contribution in [0, 0.1) is 20.8 Å². The van der Waals surface area contributed by atoms with E-state index in [4.69, 9.17) is 18.9 Å². The van der Waals surface area contributed by atoms with Crippen LogP contribution >= 0.6 is 0 Å². The molecule has 5 rings (SSSR count). The van der Waals surface area contributed by atoms with Gasteiger partial charge in [-0.2, -0.15) is 0 Å². The van der Waals surface area contributed by atoms with E-state index < -0.39 is 11.9 Å². The molecular formula is C46H45NO6. The highest BCUT2D eigenvalue weighted by molar-refractivity contribution is 5.84. The Morgan fingerprint density at radius 2 is 1.09 bits per heavy atom. The molecule has 0 aromatic heterocycles. The van der Waals surface area contributed by atoms with Crippen LogP contribution in [0.5, 0.6) is 11.5 Å². The van der Waals surface area contributed by atoms with Gasteiger partial charge >= 0.3 is 11.9 Å². The van der Waals surface area contributed by atoms with E-state index in [1.165, 1.54) is 16.7 Å². The van der Waals surface area contributed by atoms with Crippen LogP contribution < -0.4 is 14.4 Å². The number of carbonyl (C=O) groups excluding carboxylic acids is 2. The second kappa shape index (κ2) is 18.8. The molecule has 0 aliphatic heterocycles. The molecule has 0 N–H and O–H groups in total. The lowest BCUT2D eigenvalue weighted by Crippen LogP contribution is -2.10. The number of anilines is 3. The minimum Gasteiger partial charge on any atom is -0.490 e. The fourth-order valence-corrected chi connectivity index (χ4v) is 5.57. The van der Waals surface area contributed by atoms with E-state index in [-0.39, 0.29) is 26.4 Å². The molecule has 7 nitrogen and oxygen atoms in total. The molecule has 0 radical (unpaired) electrons. The molecule has 0 heterocycles. The van der Waals surface area contributed by atoms with Gasteiger partial charge in [0.25, 0.3) is 0 Å². The summed E-state index contributed by atoms with van der Waals surface area (Å²) in [6.07, 6.45) is 5.13. The van der Waals surface area contributed by atoms with Crippen LogP contribution in [0.1, 0.15) is 33.4 Å². The zero-order valence-electron chi connectivity index (χ0n) is 30.5. The standard InChI is InChI=1S/C46H45NO6/c1-6-45(48)52-28-26-50-43-22-13-37(14-23-43)32-39(38-15-24-44(25-16-38)51-27-29-53-46(49)7-2)31-36-11-20-41(21-12-36)47(40-17-8-33(3)9-18-40)42-19-10-34(4)35(5)30-42/h6-25,30-31H,1-2,26-29,32H2,3-5H3/b39-31+. The van der Waals surface area contributed by atoms with Crippen LogP contribution in [0.4, 0.5) is 17.1 Å². The number of hydrogen-bond donors (Lipinski definition) is 0. The summed E-state index contributed by atoms with van der Waals surface area (Å²) in [6, 6.07) is 39.6. The molecule has 0 aliphatic rings. The van der Waals surface area contributed by atoms with E-state index in [1.54, 1.807) is 0 Å². The van der Waals surface area contributed by atoms with Gasteiger partial charge < -0.3 is 23.8 Å². The zero-order valence-corrected chi connectivity index (χ0v) is 30.5. The molecule has 0 saturated carbocycles. The van der Waals surface area contributed by atoms with Crippen molar-refractivity contribution in [3.8, 4) is 11.5 Å². The summed E-state index contributed by atoms with van der Waals surface area (Å²) in [4.78, 5) is 24.9. The third kappa shape index (κ3) is 11.1. The lowest BCUT2D eigenvalue weighted by Gasteiger charge is -2.26. The van der Waals surface area contributed by atoms with Crippen molar-refractivity contribution in [2.75, 3.05) is 31.3 Å². The molecule has 5 aromatic carbocycles. The highest BCUT2D eigenvalue weighted by Gasteiger charge is 2.14. The lowest BCUT2D eigenvalue weighted by atomic mass is 9.95. The van der Waals surface area contributed by atoms with E-state index in [9.17, 15) is 9.59 Å². The molecule has 5 aromatic rings. The monoisotopic (exact) mass is 707 g/mol. The fourth-order valence-electron chi connectivity index (χ4n) is 5.57. The Hall–Kier alpha value is -6.34. The topological polar surface area (TPSA) is 74.3 Å². The normalized spacial score (nSPS) is 11.0. The summed E-state index contributed by atoms with van der Waals surface area (Å²) in [5, 5.41) is 0. The molecule has 0 fully saturated rings. The number of rotatable bonds is 17. The van der Waals surface area contributed by atoms with E-state index in [0.29, 0.717) is 17.9 Å². The minimum atomic E-state index is -0.478. The van der Waals surface area contributed by atoms with Crippen molar-refractivity contribution < 1.29 is 28.5 Å². The first-order chi connectivity index (χ1) is 25.7. The van der Waals surface area contributed by atoms with Crippen molar-refractivity contribution in [2.24, 2.45) is 0 Å². The van der Waals surface area contributed by atoms with E-state index in [2.05, 4.69) is 112 Å². The fraction of sp³-hybridized carbons (Fsp3) is 0.174. The molecule has 53 heavy (non-hydrogen) atoms. The number of esters is 2. The van der Waals surface area contributed by atoms with E-state index in [0.717, 1.165) is 51.5 Å². The number of benzene rings is 5. The van der Waals surface area contributed by atoms with Crippen molar-refractivity contribution >= 4 is 40.6 Å². The van der Waals surface area contributed by atoms with E-state index in [1.807, 2.05) is 48.5 Å². The van der Waals surface area contributed by atoms with Gasteiger partial charge in [0.2, 0.25) is 0 Å². The highest BCUT2D eigenvalue weighted by Crippen LogP contribution is 2.36. The quantitative estimate of drug-likeness (QED) is 0.0412. The number of aryl methyl sites for hydroxylation is 3. The summed E-state index contributed by atoms with van der Waals surface area (Å²) in [5.41, 5.74) is 11.3. The Bertz CT molecular complexity index is 2030. The Balaban J connectivity index is 1.40. The van der Waals surface area contributed by atoms with E-state index >= 15 is 0 Å². The van der Waals surface area contributed by atoms with Crippen LogP contribution in [0.2, 0.25) is 0 Å². The van der Waals surface area contributed by atoms with Crippen LogP contribution in [-0.4, -0.2) is 38.4 Å². The Kier molecular flexibility index (Phi) is 13.4. The average Bonchev–Trinajstić information content (AvgIpc) is 3.18. The highest BCUT2D eigenvalue weighted by atomic mass is 16.6. The first-order valence-corrected chi connectivity index (χ1v) is 17.5. The third-order valence-corrected chi connectivity index (χ3v) is 8.60. The number of hydrogen-bond acceptors (Lipinski definition) is 7. The number of allylic oxidation sites excluding steroid dienone is 1. The summed E-state index contributed by atoms with van der Waals surface area (Å²) in [7, 11) is 0. The maximum atomic E-state index is 11.3. The van der Waals surface area contributed by atoms with Crippen molar-refractivity contribution in [3.63, 3.8) is 0 Å². The van der Waals surface area contributed by atoms with Crippen LogP contribution in [0.25, 0.3) is 11.6 Å². The van der Waals surface area contributed by atoms with Crippen molar-refractivity contribution in [1.29, 1.82) is 0 Å². The molecule has 0 saturated heterocycles. The maximum absolute atomic E-state index is 11.3. The van der Waals surface area contributed by atoms with Gasteiger partial charge in [0.15, 0.2) is 0 Å². The SMILES string of the molecule is C=CC(=O)OCCOc1ccc(C/C(=C\c2ccc(N(c3ccc(C)cc3)c3ccc(C)c(C)c3)cc2)c2ccc(OCCOC(=O)C=C)cc2)cc1.